The lowest BCUT2D eigenvalue weighted by Gasteiger charge is -2.19. The van der Waals surface area contributed by atoms with E-state index in [0.29, 0.717) is 16.7 Å². The number of pyridine rings is 1. The molecule has 0 fully saturated rings. The highest BCUT2D eigenvalue weighted by Gasteiger charge is 2.20. The van der Waals surface area contributed by atoms with Crippen LogP contribution in [0.2, 0.25) is 0 Å². The van der Waals surface area contributed by atoms with Crippen molar-refractivity contribution in [3.05, 3.63) is 83.6 Å². The standard InChI is InChI=1S/C22H20F2N2O/c1-3-26(4-2)20-13-10-16(14-25-20)22(27)21-18(6-5-7-19(21)24)15-8-11-17(23)12-9-15/h5-14H,3-4H2,1-2H3. The van der Waals surface area contributed by atoms with Crippen molar-refractivity contribution in [2.75, 3.05) is 18.0 Å². The van der Waals surface area contributed by atoms with Gasteiger partial charge >= 0.3 is 0 Å². The first-order chi connectivity index (χ1) is 13.0. The molecule has 0 aliphatic heterocycles. The number of hydrogen-bond acceptors (Lipinski definition) is 3. The molecule has 0 spiro atoms. The van der Waals surface area contributed by atoms with Gasteiger partial charge in [0.2, 0.25) is 0 Å². The molecule has 0 unspecified atom stereocenters. The van der Waals surface area contributed by atoms with E-state index in [4.69, 9.17) is 0 Å². The van der Waals surface area contributed by atoms with Gasteiger partial charge in [0.05, 0.1) is 5.56 Å². The molecule has 0 saturated heterocycles. The lowest BCUT2D eigenvalue weighted by molar-refractivity contribution is 0.103. The van der Waals surface area contributed by atoms with Gasteiger partial charge in [-0.25, -0.2) is 13.8 Å². The Morgan fingerprint density at radius 3 is 2.26 bits per heavy atom. The summed E-state index contributed by atoms with van der Waals surface area (Å²) in [6.07, 6.45) is 1.47. The Labute approximate surface area is 157 Å². The number of ketones is 1. The molecule has 0 radical (unpaired) electrons. The SMILES string of the molecule is CCN(CC)c1ccc(C(=O)c2c(F)cccc2-c2ccc(F)cc2)cn1. The Morgan fingerprint density at radius 2 is 1.67 bits per heavy atom. The molecule has 1 aromatic heterocycles. The van der Waals surface area contributed by atoms with Gasteiger partial charge in [0.1, 0.15) is 17.5 Å². The summed E-state index contributed by atoms with van der Waals surface area (Å²) in [6, 6.07) is 13.5. The predicted molar refractivity (Wildman–Crippen MR) is 103 cm³/mol. The highest BCUT2D eigenvalue weighted by Crippen LogP contribution is 2.28. The minimum atomic E-state index is -0.616. The molecule has 3 aromatic rings. The van der Waals surface area contributed by atoms with E-state index in [0.717, 1.165) is 18.9 Å². The van der Waals surface area contributed by atoms with Crippen molar-refractivity contribution in [1.29, 1.82) is 0 Å². The minimum absolute atomic E-state index is 0.0403. The van der Waals surface area contributed by atoms with Crippen LogP contribution in [0, 0.1) is 11.6 Å². The number of carbonyl (C=O) groups is 1. The third-order valence-corrected chi connectivity index (χ3v) is 4.49. The Bertz CT molecular complexity index is 934. The maximum Gasteiger partial charge on any atom is 0.198 e. The van der Waals surface area contributed by atoms with E-state index < -0.39 is 11.6 Å². The average Bonchev–Trinajstić information content (AvgIpc) is 2.69. The van der Waals surface area contributed by atoms with Gasteiger partial charge in [-0.1, -0.05) is 24.3 Å². The second kappa shape index (κ2) is 8.08. The van der Waals surface area contributed by atoms with Crippen molar-refractivity contribution < 1.29 is 13.6 Å². The molecule has 0 aliphatic carbocycles. The van der Waals surface area contributed by atoms with E-state index in [1.165, 1.54) is 42.6 Å². The number of aromatic nitrogens is 1. The number of anilines is 1. The highest BCUT2D eigenvalue weighted by atomic mass is 19.1. The maximum atomic E-state index is 14.5. The average molecular weight is 366 g/mol. The largest absolute Gasteiger partial charge is 0.357 e. The lowest BCUT2D eigenvalue weighted by atomic mass is 9.94. The lowest BCUT2D eigenvalue weighted by Crippen LogP contribution is -2.23. The Morgan fingerprint density at radius 1 is 0.963 bits per heavy atom. The number of benzene rings is 2. The smallest absolute Gasteiger partial charge is 0.198 e. The monoisotopic (exact) mass is 366 g/mol. The van der Waals surface area contributed by atoms with Crippen molar-refractivity contribution in [2.45, 2.75) is 13.8 Å². The van der Waals surface area contributed by atoms with Crippen LogP contribution < -0.4 is 4.90 Å². The maximum absolute atomic E-state index is 14.5. The number of nitrogens with zero attached hydrogens (tertiary/aromatic N) is 2. The molecule has 3 nitrogen and oxygen atoms in total. The second-order valence-electron chi connectivity index (χ2n) is 6.08. The van der Waals surface area contributed by atoms with Crippen LogP contribution in [0.4, 0.5) is 14.6 Å². The summed E-state index contributed by atoms with van der Waals surface area (Å²) >= 11 is 0. The second-order valence-corrected chi connectivity index (χ2v) is 6.08. The van der Waals surface area contributed by atoms with Crippen LogP contribution in [-0.4, -0.2) is 23.9 Å². The normalized spacial score (nSPS) is 10.7. The quantitative estimate of drug-likeness (QED) is 0.569. The molecular formula is C22H20F2N2O. The molecule has 3 rings (SSSR count). The van der Waals surface area contributed by atoms with E-state index in [1.54, 1.807) is 18.2 Å². The summed E-state index contributed by atoms with van der Waals surface area (Å²) in [4.78, 5) is 19.4. The van der Waals surface area contributed by atoms with E-state index >= 15 is 0 Å². The summed E-state index contributed by atoms with van der Waals surface area (Å²) < 4.78 is 27.8. The molecule has 0 N–H and O–H groups in total. The Balaban J connectivity index is 2.01. The highest BCUT2D eigenvalue weighted by molar-refractivity contribution is 6.13. The van der Waals surface area contributed by atoms with Crippen LogP contribution in [0.1, 0.15) is 29.8 Å². The molecule has 138 valence electrons. The third kappa shape index (κ3) is 3.87. The third-order valence-electron chi connectivity index (χ3n) is 4.49. The van der Waals surface area contributed by atoms with Gasteiger partial charge < -0.3 is 4.90 Å². The van der Waals surface area contributed by atoms with E-state index in [9.17, 15) is 13.6 Å². The van der Waals surface area contributed by atoms with Crippen LogP contribution in [0.5, 0.6) is 0 Å². The van der Waals surface area contributed by atoms with Crippen LogP contribution in [-0.2, 0) is 0 Å². The van der Waals surface area contributed by atoms with Gasteiger partial charge in [0.15, 0.2) is 5.78 Å². The van der Waals surface area contributed by atoms with Crippen LogP contribution >= 0.6 is 0 Å². The number of carbonyl (C=O) groups excluding carboxylic acids is 1. The molecular weight excluding hydrogens is 346 g/mol. The molecule has 2 aromatic carbocycles. The molecule has 0 aliphatic rings. The zero-order chi connectivity index (χ0) is 19.4. The molecule has 1 heterocycles. The van der Waals surface area contributed by atoms with Gasteiger partial charge in [-0.3, -0.25) is 4.79 Å². The fourth-order valence-corrected chi connectivity index (χ4v) is 3.02. The van der Waals surface area contributed by atoms with Gasteiger partial charge in [0.25, 0.3) is 0 Å². The molecule has 5 heteroatoms. The van der Waals surface area contributed by atoms with Gasteiger partial charge in [-0.2, -0.15) is 0 Å². The molecule has 0 amide bonds. The summed E-state index contributed by atoms with van der Waals surface area (Å²) in [5.74, 6) is -0.691. The predicted octanol–water partition coefficient (Wildman–Crippen LogP) is 5.10. The molecule has 0 saturated carbocycles. The molecule has 0 bridgehead atoms. The van der Waals surface area contributed by atoms with E-state index in [1.807, 2.05) is 13.8 Å². The van der Waals surface area contributed by atoms with Gasteiger partial charge in [-0.05, 0) is 55.3 Å². The first kappa shape index (κ1) is 18.7. The van der Waals surface area contributed by atoms with Crippen molar-refractivity contribution in [3.8, 4) is 11.1 Å². The molecule has 27 heavy (non-hydrogen) atoms. The molecule has 0 atom stereocenters. The minimum Gasteiger partial charge on any atom is -0.357 e. The van der Waals surface area contributed by atoms with Gasteiger partial charge in [-0.15, -0.1) is 0 Å². The van der Waals surface area contributed by atoms with Crippen LogP contribution in [0.15, 0.2) is 60.8 Å². The van der Waals surface area contributed by atoms with Gasteiger partial charge in [0, 0.05) is 24.8 Å². The fourth-order valence-electron chi connectivity index (χ4n) is 3.02. The van der Waals surface area contributed by atoms with Crippen molar-refractivity contribution >= 4 is 11.6 Å². The van der Waals surface area contributed by atoms with Crippen molar-refractivity contribution in [2.24, 2.45) is 0 Å². The van der Waals surface area contributed by atoms with Crippen LogP contribution in [0.25, 0.3) is 11.1 Å². The number of rotatable bonds is 6. The number of hydrogen-bond donors (Lipinski definition) is 0. The fraction of sp³-hybridized carbons (Fsp3) is 0.182. The summed E-state index contributed by atoms with van der Waals surface area (Å²) in [7, 11) is 0. The zero-order valence-electron chi connectivity index (χ0n) is 15.2. The topological polar surface area (TPSA) is 33.2 Å². The summed E-state index contributed by atoms with van der Waals surface area (Å²) in [5, 5.41) is 0. The number of halogens is 2. The Kier molecular flexibility index (Phi) is 5.60. The van der Waals surface area contributed by atoms with E-state index in [-0.39, 0.29) is 11.4 Å². The first-order valence-corrected chi connectivity index (χ1v) is 8.85. The first-order valence-electron chi connectivity index (χ1n) is 8.85. The summed E-state index contributed by atoms with van der Waals surface area (Å²) in [5.41, 5.74) is 1.26. The van der Waals surface area contributed by atoms with E-state index in [2.05, 4.69) is 9.88 Å². The van der Waals surface area contributed by atoms with Crippen molar-refractivity contribution in [1.82, 2.24) is 4.98 Å². The zero-order valence-corrected chi connectivity index (χ0v) is 15.2. The van der Waals surface area contributed by atoms with Crippen molar-refractivity contribution in [3.63, 3.8) is 0 Å². The Hall–Kier alpha value is -3.08. The summed E-state index contributed by atoms with van der Waals surface area (Å²) in [6.45, 7) is 5.66. The van der Waals surface area contributed by atoms with Crippen LogP contribution in [0.3, 0.4) is 0 Å².